The summed E-state index contributed by atoms with van der Waals surface area (Å²) in [5.41, 5.74) is 2.65. The Labute approximate surface area is 82.1 Å². The second kappa shape index (κ2) is 5.00. The summed E-state index contributed by atoms with van der Waals surface area (Å²) in [6.07, 6.45) is 6.50. The zero-order valence-electron chi connectivity index (χ0n) is 9.44. The molecule has 0 fully saturated rings. The van der Waals surface area contributed by atoms with Crippen molar-refractivity contribution in [1.82, 2.24) is 0 Å². The molecule has 74 valence electrons. The summed E-state index contributed by atoms with van der Waals surface area (Å²) in [7, 11) is 0. The van der Waals surface area contributed by atoms with Gasteiger partial charge in [0.25, 0.3) is 0 Å². The van der Waals surface area contributed by atoms with E-state index in [1.165, 1.54) is 11.8 Å². The van der Waals surface area contributed by atoms with Crippen LogP contribution >= 0.6 is 0 Å². The van der Waals surface area contributed by atoms with Crippen LogP contribution < -0.4 is 0 Å². The van der Waals surface area contributed by atoms with Gasteiger partial charge in [0.05, 0.1) is 0 Å². The molecule has 0 aliphatic heterocycles. The predicted molar refractivity (Wildman–Crippen MR) is 60.4 cm³/mol. The quantitative estimate of drug-likeness (QED) is 0.501. The molecule has 0 aromatic carbocycles. The Kier molecular flexibility index (Phi) is 4.68. The summed E-state index contributed by atoms with van der Waals surface area (Å²) in [6, 6.07) is 0. The molecule has 0 atom stereocenters. The topological polar surface area (TPSA) is 23.9 Å². The van der Waals surface area contributed by atoms with Gasteiger partial charge in [0.1, 0.15) is 0 Å². The van der Waals surface area contributed by atoms with Gasteiger partial charge in [-0.25, -0.2) is 0 Å². The van der Waals surface area contributed by atoms with Crippen molar-refractivity contribution in [1.29, 1.82) is 5.41 Å². The van der Waals surface area contributed by atoms with Crippen LogP contribution in [0.2, 0.25) is 0 Å². The summed E-state index contributed by atoms with van der Waals surface area (Å²) in [4.78, 5) is 0. The number of allylic oxidation sites excluding steroid dienone is 4. The monoisotopic (exact) mass is 179 g/mol. The van der Waals surface area contributed by atoms with Gasteiger partial charge < -0.3 is 5.41 Å². The van der Waals surface area contributed by atoms with E-state index in [1.807, 2.05) is 6.08 Å². The minimum Gasteiger partial charge on any atom is -0.308 e. The number of nitrogens with one attached hydrogen (secondary N) is 1. The minimum absolute atomic E-state index is 0.234. The molecule has 0 spiro atoms. The van der Waals surface area contributed by atoms with Gasteiger partial charge in [0, 0.05) is 6.21 Å². The highest BCUT2D eigenvalue weighted by Crippen LogP contribution is 2.24. The summed E-state index contributed by atoms with van der Waals surface area (Å²) >= 11 is 0. The third-order valence-electron chi connectivity index (χ3n) is 2.32. The Balaban J connectivity index is 4.58. The third kappa shape index (κ3) is 4.66. The molecule has 1 N–H and O–H groups in total. The highest BCUT2D eigenvalue weighted by molar-refractivity contribution is 5.76. The van der Waals surface area contributed by atoms with Crippen LogP contribution in [0.1, 0.15) is 41.0 Å². The predicted octanol–water partition coefficient (Wildman–Crippen LogP) is 3.96. The number of hydrogen-bond donors (Lipinski definition) is 1. The molecular weight excluding hydrogens is 158 g/mol. The fraction of sp³-hybridized carbons (Fsp3) is 0.583. The van der Waals surface area contributed by atoms with E-state index in [0.717, 1.165) is 12.0 Å². The average molecular weight is 179 g/mol. The van der Waals surface area contributed by atoms with Gasteiger partial charge in [-0.1, -0.05) is 45.4 Å². The first-order valence-electron chi connectivity index (χ1n) is 4.80. The van der Waals surface area contributed by atoms with Crippen molar-refractivity contribution in [3.63, 3.8) is 0 Å². The summed E-state index contributed by atoms with van der Waals surface area (Å²) in [5.74, 6) is 0. The summed E-state index contributed by atoms with van der Waals surface area (Å²) < 4.78 is 0. The lowest BCUT2D eigenvalue weighted by Crippen LogP contribution is -2.05. The van der Waals surface area contributed by atoms with E-state index in [0.29, 0.717) is 0 Å². The fourth-order valence-corrected chi connectivity index (χ4v) is 0.750. The zero-order valence-corrected chi connectivity index (χ0v) is 9.44. The maximum Gasteiger partial charge on any atom is 0.0209 e. The number of rotatable bonds is 3. The van der Waals surface area contributed by atoms with Crippen LogP contribution in [0.25, 0.3) is 0 Å². The van der Waals surface area contributed by atoms with Crippen LogP contribution in [0.5, 0.6) is 0 Å². The Morgan fingerprint density at radius 2 is 1.77 bits per heavy atom. The van der Waals surface area contributed by atoms with E-state index >= 15 is 0 Å². The zero-order chi connectivity index (χ0) is 10.5. The SMILES string of the molecule is CC/C(C=N)=C/C=C(\C)C(C)(C)C. The molecule has 0 saturated heterocycles. The van der Waals surface area contributed by atoms with Crippen molar-refractivity contribution in [2.24, 2.45) is 5.41 Å². The molecule has 0 aliphatic rings. The summed E-state index contributed by atoms with van der Waals surface area (Å²) in [5, 5.41) is 7.14. The van der Waals surface area contributed by atoms with Crippen LogP contribution in [0.15, 0.2) is 23.3 Å². The van der Waals surface area contributed by atoms with Gasteiger partial charge in [-0.15, -0.1) is 0 Å². The molecule has 0 rings (SSSR count). The molecular formula is C12H21N. The second-order valence-corrected chi connectivity index (χ2v) is 4.34. The molecule has 0 amide bonds. The molecule has 0 aliphatic carbocycles. The van der Waals surface area contributed by atoms with Crippen molar-refractivity contribution >= 4 is 6.21 Å². The van der Waals surface area contributed by atoms with Crippen LogP contribution in [0.4, 0.5) is 0 Å². The Hall–Kier alpha value is -0.850. The van der Waals surface area contributed by atoms with Gasteiger partial charge in [0.15, 0.2) is 0 Å². The number of hydrogen-bond acceptors (Lipinski definition) is 1. The molecule has 1 heteroatoms. The van der Waals surface area contributed by atoms with Crippen molar-refractivity contribution in [2.45, 2.75) is 41.0 Å². The van der Waals surface area contributed by atoms with Gasteiger partial charge in [0.2, 0.25) is 0 Å². The lowest BCUT2D eigenvalue weighted by molar-refractivity contribution is 0.504. The summed E-state index contributed by atoms with van der Waals surface area (Å²) in [6.45, 7) is 10.8. The minimum atomic E-state index is 0.234. The molecule has 0 aromatic heterocycles. The molecule has 0 radical (unpaired) electrons. The molecule has 0 bridgehead atoms. The third-order valence-corrected chi connectivity index (χ3v) is 2.32. The molecule has 0 aromatic rings. The lowest BCUT2D eigenvalue weighted by Gasteiger charge is -2.18. The molecule has 0 saturated carbocycles. The Morgan fingerprint density at radius 1 is 1.23 bits per heavy atom. The van der Waals surface area contributed by atoms with Gasteiger partial charge in [-0.05, 0) is 24.3 Å². The van der Waals surface area contributed by atoms with Crippen molar-refractivity contribution in [3.05, 3.63) is 23.3 Å². The molecule has 0 heterocycles. The first-order valence-corrected chi connectivity index (χ1v) is 4.80. The van der Waals surface area contributed by atoms with Crippen LogP contribution in [0.3, 0.4) is 0 Å². The van der Waals surface area contributed by atoms with Crippen LogP contribution in [0, 0.1) is 10.8 Å². The first kappa shape index (κ1) is 12.2. The van der Waals surface area contributed by atoms with Gasteiger partial charge >= 0.3 is 0 Å². The normalized spacial score (nSPS) is 14.5. The Bertz CT molecular complexity index is 226. The second-order valence-electron chi connectivity index (χ2n) is 4.34. The van der Waals surface area contributed by atoms with E-state index in [4.69, 9.17) is 5.41 Å². The first-order chi connectivity index (χ1) is 5.91. The van der Waals surface area contributed by atoms with Gasteiger partial charge in [-0.3, -0.25) is 0 Å². The van der Waals surface area contributed by atoms with Crippen molar-refractivity contribution in [2.75, 3.05) is 0 Å². The maximum absolute atomic E-state index is 7.14. The lowest BCUT2D eigenvalue weighted by atomic mass is 9.87. The Morgan fingerprint density at radius 3 is 2.08 bits per heavy atom. The van der Waals surface area contributed by atoms with Gasteiger partial charge in [-0.2, -0.15) is 0 Å². The highest BCUT2D eigenvalue weighted by atomic mass is 14.3. The van der Waals surface area contributed by atoms with Crippen LogP contribution in [-0.2, 0) is 0 Å². The largest absolute Gasteiger partial charge is 0.308 e. The smallest absolute Gasteiger partial charge is 0.0209 e. The maximum atomic E-state index is 7.14. The average Bonchev–Trinajstić information content (AvgIpc) is 2.04. The van der Waals surface area contributed by atoms with E-state index in [9.17, 15) is 0 Å². The van der Waals surface area contributed by atoms with Crippen LogP contribution in [-0.4, -0.2) is 6.21 Å². The molecule has 0 unspecified atom stereocenters. The highest BCUT2D eigenvalue weighted by Gasteiger charge is 2.10. The van der Waals surface area contributed by atoms with Crippen molar-refractivity contribution in [3.8, 4) is 0 Å². The van der Waals surface area contributed by atoms with Crippen molar-refractivity contribution < 1.29 is 0 Å². The molecule has 13 heavy (non-hydrogen) atoms. The van der Waals surface area contributed by atoms with E-state index in [2.05, 4.69) is 40.7 Å². The molecule has 1 nitrogen and oxygen atoms in total. The van der Waals surface area contributed by atoms with E-state index in [1.54, 1.807) is 0 Å². The van der Waals surface area contributed by atoms with E-state index in [-0.39, 0.29) is 5.41 Å². The fourth-order valence-electron chi connectivity index (χ4n) is 0.750. The standard InChI is InChI=1S/C12H21N/c1-6-11(9-13)8-7-10(2)12(3,4)5/h7-9,13H,6H2,1-5H3/b10-7+,11-8-,13-9?. The van der Waals surface area contributed by atoms with E-state index < -0.39 is 0 Å².